The van der Waals surface area contributed by atoms with Crippen molar-refractivity contribution in [3.8, 4) is 5.75 Å². The Balaban J connectivity index is 1.58. The summed E-state index contributed by atoms with van der Waals surface area (Å²) in [5, 5.41) is 8.24. The monoisotopic (exact) mass is 412 g/mol. The summed E-state index contributed by atoms with van der Waals surface area (Å²) >= 11 is 3.44. The van der Waals surface area contributed by atoms with Crippen LogP contribution in [0.5, 0.6) is 5.75 Å². The Morgan fingerprint density at radius 1 is 1.27 bits per heavy atom. The third-order valence-electron chi connectivity index (χ3n) is 3.60. The van der Waals surface area contributed by atoms with Gasteiger partial charge in [0.15, 0.2) is 5.69 Å². The van der Waals surface area contributed by atoms with E-state index in [1.54, 1.807) is 30.3 Å². The first-order valence-electron chi connectivity index (χ1n) is 7.89. The summed E-state index contributed by atoms with van der Waals surface area (Å²) < 4.78 is 7.81. The smallest absolute Gasteiger partial charge is 0.291 e. The molecule has 6 nitrogen and oxygen atoms in total. The van der Waals surface area contributed by atoms with Crippen molar-refractivity contribution < 1.29 is 9.53 Å². The van der Waals surface area contributed by atoms with Gasteiger partial charge in [0.25, 0.3) is 5.91 Å². The molecule has 0 aliphatic rings. The molecule has 0 bridgehead atoms. The standard InChI is InChI=1S/C19H17BrN4O2/c1-26-17-7-5-14(6-8-17)12-21-22-19(25)18-9-10-24(23-18)13-15-3-2-4-16(20)11-15/h2-12H,13H2,1H3,(H,22,25)/b21-12+. The third kappa shape index (κ3) is 4.80. The molecule has 1 aromatic heterocycles. The van der Waals surface area contributed by atoms with Crippen molar-refractivity contribution in [2.45, 2.75) is 6.54 Å². The van der Waals surface area contributed by atoms with Crippen LogP contribution in [-0.4, -0.2) is 29.0 Å². The van der Waals surface area contributed by atoms with Crippen LogP contribution in [0.25, 0.3) is 0 Å². The van der Waals surface area contributed by atoms with E-state index in [4.69, 9.17) is 4.74 Å². The van der Waals surface area contributed by atoms with Crippen molar-refractivity contribution in [3.05, 3.63) is 82.1 Å². The summed E-state index contributed by atoms with van der Waals surface area (Å²) in [4.78, 5) is 12.1. The van der Waals surface area contributed by atoms with Gasteiger partial charge in [0.05, 0.1) is 19.9 Å². The topological polar surface area (TPSA) is 68.5 Å². The number of rotatable bonds is 6. The second-order valence-corrected chi connectivity index (χ2v) is 6.42. The SMILES string of the molecule is COc1ccc(/C=N/NC(=O)c2ccn(Cc3cccc(Br)c3)n2)cc1. The molecule has 0 fully saturated rings. The Bertz CT molecular complexity index is 919. The van der Waals surface area contributed by atoms with Gasteiger partial charge in [-0.3, -0.25) is 9.48 Å². The fraction of sp³-hybridized carbons (Fsp3) is 0.105. The molecule has 0 radical (unpaired) electrons. The number of amides is 1. The number of benzene rings is 2. The number of hydrogen-bond donors (Lipinski definition) is 1. The van der Waals surface area contributed by atoms with Crippen LogP contribution < -0.4 is 10.2 Å². The lowest BCUT2D eigenvalue weighted by atomic mass is 10.2. The molecule has 0 saturated heterocycles. The van der Waals surface area contributed by atoms with Gasteiger partial charge in [-0.05, 0) is 53.6 Å². The highest BCUT2D eigenvalue weighted by Gasteiger charge is 2.08. The van der Waals surface area contributed by atoms with E-state index in [2.05, 4.69) is 31.6 Å². The minimum Gasteiger partial charge on any atom is -0.497 e. The van der Waals surface area contributed by atoms with Crippen molar-refractivity contribution >= 4 is 28.1 Å². The summed E-state index contributed by atoms with van der Waals surface area (Å²) in [6, 6.07) is 17.0. The molecule has 26 heavy (non-hydrogen) atoms. The summed E-state index contributed by atoms with van der Waals surface area (Å²) in [7, 11) is 1.61. The average Bonchev–Trinajstić information content (AvgIpc) is 3.11. The predicted molar refractivity (Wildman–Crippen MR) is 104 cm³/mol. The van der Waals surface area contributed by atoms with E-state index in [1.807, 2.05) is 48.5 Å². The Kier molecular flexibility index (Phi) is 5.80. The molecule has 0 aliphatic carbocycles. The lowest BCUT2D eigenvalue weighted by molar-refractivity contribution is 0.0949. The molecule has 1 N–H and O–H groups in total. The molecule has 3 rings (SSSR count). The molecular formula is C19H17BrN4O2. The van der Waals surface area contributed by atoms with Crippen LogP contribution in [0.4, 0.5) is 0 Å². The predicted octanol–water partition coefficient (Wildman–Crippen LogP) is 3.47. The summed E-state index contributed by atoms with van der Waals surface area (Å²) in [6.45, 7) is 0.585. The fourth-order valence-corrected chi connectivity index (χ4v) is 2.75. The number of methoxy groups -OCH3 is 1. The summed E-state index contributed by atoms with van der Waals surface area (Å²) in [5.41, 5.74) is 4.73. The van der Waals surface area contributed by atoms with E-state index >= 15 is 0 Å². The maximum Gasteiger partial charge on any atom is 0.291 e. The molecular weight excluding hydrogens is 396 g/mol. The molecule has 7 heteroatoms. The highest BCUT2D eigenvalue weighted by molar-refractivity contribution is 9.10. The Hall–Kier alpha value is -2.93. The zero-order chi connectivity index (χ0) is 18.4. The van der Waals surface area contributed by atoms with E-state index in [0.29, 0.717) is 12.2 Å². The van der Waals surface area contributed by atoms with Crippen LogP contribution in [0.3, 0.4) is 0 Å². The van der Waals surface area contributed by atoms with Gasteiger partial charge in [-0.25, -0.2) is 5.43 Å². The largest absolute Gasteiger partial charge is 0.497 e. The number of carbonyl (C=O) groups is 1. The van der Waals surface area contributed by atoms with Gasteiger partial charge >= 0.3 is 0 Å². The van der Waals surface area contributed by atoms with Crippen LogP contribution in [0.15, 0.2) is 70.4 Å². The number of nitrogens with one attached hydrogen (secondary N) is 1. The second-order valence-electron chi connectivity index (χ2n) is 5.50. The zero-order valence-electron chi connectivity index (χ0n) is 14.1. The number of halogens is 1. The van der Waals surface area contributed by atoms with Crippen molar-refractivity contribution in [1.29, 1.82) is 0 Å². The molecule has 0 aliphatic heterocycles. The zero-order valence-corrected chi connectivity index (χ0v) is 15.7. The normalized spacial score (nSPS) is 10.8. The minimum atomic E-state index is -0.359. The first-order valence-corrected chi connectivity index (χ1v) is 8.69. The first-order chi connectivity index (χ1) is 12.6. The van der Waals surface area contributed by atoms with Crippen molar-refractivity contribution in [2.24, 2.45) is 5.10 Å². The Morgan fingerprint density at radius 2 is 2.08 bits per heavy atom. The van der Waals surface area contributed by atoms with Crippen molar-refractivity contribution in [2.75, 3.05) is 7.11 Å². The number of hydrazone groups is 1. The van der Waals surface area contributed by atoms with Crippen LogP contribution in [0, 0.1) is 0 Å². The molecule has 0 spiro atoms. The molecule has 0 saturated carbocycles. The lowest BCUT2D eigenvalue weighted by Crippen LogP contribution is -2.18. The first kappa shape index (κ1) is 17.9. The molecule has 1 amide bonds. The van der Waals surface area contributed by atoms with Crippen LogP contribution in [-0.2, 0) is 6.54 Å². The van der Waals surface area contributed by atoms with Gasteiger partial charge in [0.2, 0.25) is 0 Å². The van der Waals surface area contributed by atoms with Gasteiger partial charge < -0.3 is 4.74 Å². The second kappa shape index (κ2) is 8.44. The van der Waals surface area contributed by atoms with E-state index in [0.717, 1.165) is 21.3 Å². The minimum absolute atomic E-state index is 0.312. The third-order valence-corrected chi connectivity index (χ3v) is 4.10. The number of hydrogen-bond acceptors (Lipinski definition) is 4. The number of carbonyl (C=O) groups excluding carboxylic acids is 1. The van der Waals surface area contributed by atoms with Gasteiger partial charge in [0.1, 0.15) is 5.75 Å². The molecule has 3 aromatic rings. The fourth-order valence-electron chi connectivity index (χ4n) is 2.31. The number of aromatic nitrogens is 2. The van der Waals surface area contributed by atoms with Crippen LogP contribution in [0.1, 0.15) is 21.6 Å². The van der Waals surface area contributed by atoms with E-state index in [-0.39, 0.29) is 5.91 Å². The molecule has 1 heterocycles. The summed E-state index contributed by atoms with van der Waals surface area (Å²) in [6.07, 6.45) is 3.33. The molecule has 2 aromatic carbocycles. The highest BCUT2D eigenvalue weighted by atomic mass is 79.9. The van der Waals surface area contributed by atoms with E-state index < -0.39 is 0 Å². The van der Waals surface area contributed by atoms with E-state index in [1.165, 1.54) is 0 Å². The highest BCUT2D eigenvalue weighted by Crippen LogP contribution is 2.13. The molecule has 132 valence electrons. The lowest BCUT2D eigenvalue weighted by Gasteiger charge is -2.02. The summed E-state index contributed by atoms with van der Waals surface area (Å²) in [5.74, 6) is 0.407. The van der Waals surface area contributed by atoms with Crippen molar-refractivity contribution in [3.63, 3.8) is 0 Å². The maximum atomic E-state index is 12.1. The van der Waals surface area contributed by atoms with Gasteiger partial charge in [-0.2, -0.15) is 10.2 Å². The molecule has 0 atom stereocenters. The van der Waals surface area contributed by atoms with Gasteiger partial charge in [-0.1, -0.05) is 28.1 Å². The van der Waals surface area contributed by atoms with Crippen LogP contribution >= 0.6 is 15.9 Å². The number of nitrogens with zero attached hydrogens (tertiary/aromatic N) is 3. The molecule has 0 unspecified atom stereocenters. The Labute approximate surface area is 159 Å². The van der Waals surface area contributed by atoms with Gasteiger partial charge in [0, 0.05) is 10.7 Å². The number of ether oxygens (including phenoxy) is 1. The maximum absolute atomic E-state index is 12.1. The average molecular weight is 413 g/mol. The van der Waals surface area contributed by atoms with E-state index in [9.17, 15) is 4.79 Å². The Morgan fingerprint density at radius 3 is 2.81 bits per heavy atom. The quantitative estimate of drug-likeness (QED) is 0.497. The van der Waals surface area contributed by atoms with Crippen molar-refractivity contribution in [1.82, 2.24) is 15.2 Å². The van der Waals surface area contributed by atoms with Gasteiger partial charge in [-0.15, -0.1) is 0 Å². The van der Waals surface area contributed by atoms with Crippen LogP contribution in [0.2, 0.25) is 0 Å².